The van der Waals surface area contributed by atoms with Crippen LogP contribution in [0.25, 0.3) is 6.08 Å². The van der Waals surface area contributed by atoms with Crippen molar-refractivity contribution in [3.8, 4) is 11.5 Å². The molecule has 0 aliphatic carbocycles. The van der Waals surface area contributed by atoms with Gasteiger partial charge >= 0.3 is 0 Å². The van der Waals surface area contributed by atoms with E-state index >= 15 is 0 Å². The van der Waals surface area contributed by atoms with Crippen molar-refractivity contribution in [1.29, 1.82) is 0 Å². The van der Waals surface area contributed by atoms with Gasteiger partial charge in [0.1, 0.15) is 29.6 Å². The van der Waals surface area contributed by atoms with Crippen molar-refractivity contribution < 1.29 is 18.7 Å². The molecule has 3 aromatic rings. The summed E-state index contributed by atoms with van der Waals surface area (Å²) in [5.41, 5.74) is 2.11. The number of methoxy groups -OCH3 is 1. The molecule has 0 bridgehead atoms. The summed E-state index contributed by atoms with van der Waals surface area (Å²) in [4.78, 5) is 14.3. The first-order valence-corrected chi connectivity index (χ1v) is 10.9. The van der Waals surface area contributed by atoms with E-state index in [1.165, 1.54) is 4.90 Å². The molecule has 1 amide bonds. The lowest BCUT2D eigenvalue weighted by Gasteiger charge is -2.12. The fourth-order valence-corrected chi connectivity index (χ4v) is 3.75. The summed E-state index contributed by atoms with van der Waals surface area (Å²) in [7, 11) is 1.62. The molecular formula is C23H19IN2O4S. The van der Waals surface area contributed by atoms with Gasteiger partial charge in [-0.3, -0.25) is 9.69 Å². The van der Waals surface area contributed by atoms with Crippen LogP contribution in [0.1, 0.15) is 16.9 Å². The highest BCUT2D eigenvalue weighted by Gasteiger charge is 2.31. The third-order valence-corrected chi connectivity index (χ3v) is 5.72. The number of hydrogen-bond acceptors (Lipinski definition) is 5. The molecule has 1 aliphatic heterocycles. The van der Waals surface area contributed by atoms with Crippen LogP contribution in [0.4, 0.5) is 0 Å². The monoisotopic (exact) mass is 546 g/mol. The lowest BCUT2D eigenvalue weighted by atomic mass is 10.1. The minimum Gasteiger partial charge on any atom is -0.496 e. The number of furan rings is 1. The minimum absolute atomic E-state index is 0.200. The van der Waals surface area contributed by atoms with Gasteiger partial charge in [0.15, 0.2) is 5.11 Å². The van der Waals surface area contributed by atoms with Crippen LogP contribution in [0.5, 0.6) is 11.5 Å². The average molecular weight is 546 g/mol. The summed E-state index contributed by atoms with van der Waals surface area (Å²) in [6.07, 6.45) is 3.34. The molecule has 1 aromatic heterocycles. The van der Waals surface area contributed by atoms with Crippen molar-refractivity contribution in [1.82, 2.24) is 10.2 Å². The highest BCUT2D eigenvalue weighted by atomic mass is 127. The van der Waals surface area contributed by atoms with Gasteiger partial charge in [-0.15, -0.1) is 0 Å². The molecule has 1 aliphatic rings. The van der Waals surface area contributed by atoms with Crippen LogP contribution in [0.3, 0.4) is 0 Å². The third kappa shape index (κ3) is 5.08. The Bertz CT molecular complexity index is 1130. The molecule has 0 atom stereocenters. The predicted molar refractivity (Wildman–Crippen MR) is 129 cm³/mol. The van der Waals surface area contributed by atoms with E-state index in [1.54, 1.807) is 31.6 Å². The van der Waals surface area contributed by atoms with Gasteiger partial charge in [0.2, 0.25) is 0 Å². The molecule has 0 spiro atoms. The van der Waals surface area contributed by atoms with E-state index in [4.69, 9.17) is 26.1 Å². The molecule has 1 fully saturated rings. The molecule has 6 nitrogen and oxygen atoms in total. The lowest BCUT2D eigenvalue weighted by molar-refractivity contribution is -0.122. The number of thiocarbonyl (C=S) groups is 1. The molecule has 158 valence electrons. The second kappa shape index (κ2) is 9.52. The van der Waals surface area contributed by atoms with Crippen LogP contribution in [0.15, 0.2) is 71.0 Å². The van der Waals surface area contributed by atoms with Gasteiger partial charge in [0.25, 0.3) is 5.91 Å². The molecule has 8 heteroatoms. The SMILES string of the molecule is COc1ccc(/C=C2/NC(=S)N(Cc3ccco3)C2=O)cc1COc1ccc(I)cc1. The second-order valence-corrected chi connectivity index (χ2v) is 8.41. The van der Waals surface area contributed by atoms with Crippen LogP contribution in [-0.4, -0.2) is 23.0 Å². The highest BCUT2D eigenvalue weighted by molar-refractivity contribution is 14.1. The minimum atomic E-state index is -0.200. The number of nitrogens with one attached hydrogen (secondary N) is 1. The van der Waals surface area contributed by atoms with Crippen molar-refractivity contribution in [2.75, 3.05) is 7.11 Å². The molecule has 1 N–H and O–H groups in total. The van der Waals surface area contributed by atoms with Crippen molar-refractivity contribution in [3.05, 3.63) is 87.0 Å². The molecule has 0 unspecified atom stereocenters. The van der Waals surface area contributed by atoms with Crippen molar-refractivity contribution in [2.24, 2.45) is 0 Å². The maximum atomic E-state index is 12.8. The van der Waals surface area contributed by atoms with Crippen LogP contribution < -0.4 is 14.8 Å². The van der Waals surface area contributed by atoms with E-state index in [0.717, 1.165) is 20.4 Å². The number of ether oxygens (including phenoxy) is 2. The Labute approximate surface area is 199 Å². The van der Waals surface area contributed by atoms with Crippen molar-refractivity contribution >= 4 is 51.9 Å². The number of amides is 1. The summed E-state index contributed by atoms with van der Waals surface area (Å²) >= 11 is 7.58. The van der Waals surface area contributed by atoms with Crippen LogP contribution in [0, 0.1) is 3.57 Å². The fourth-order valence-electron chi connectivity index (χ4n) is 3.13. The zero-order chi connectivity index (χ0) is 21.8. The summed E-state index contributed by atoms with van der Waals surface area (Å²) in [5.74, 6) is 1.96. The number of carbonyl (C=O) groups excluding carboxylic acids is 1. The fraction of sp³-hybridized carbons (Fsp3) is 0.130. The maximum absolute atomic E-state index is 12.8. The van der Waals surface area contributed by atoms with Crippen LogP contribution in [-0.2, 0) is 17.9 Å². The predicted octanol–water partition coefficient (Wildman–Crippen LogP) is 4.73. The Balaban J connectivity index is 1.52. The Morgan fingerprint density at radius 1 is 1.19 bits per heavy atom. The number of hydrogen-bond donors (Lipinski definition) is 1. The van der Waals surface area contributed by atoms with Crippen LogP contribution in [0.2, 0.25) is 0 Å². The summed E-state index contributed by atoms with van der Waals surface area (Å²) in [6, 6.07) is 17.1. The van der Waals surface area contributed by atoms with E-state index in [1.807, 2.05) is 42.5 Å². The first kappa shape index (κ1) is 21.4. The Hall–Kier alpha value is -2.85. The van der Waals surface area contributed by atoms with E-state index < -0.39 is 0 Å². The first-order valence-electron chi connectivity index (χ1n) is 9.45. The van der Waals surface area contributed by atoms with E-state index in [9.17, 15) is 4.79 Å². The normalized spacial score (nSPS) is 14.8. The Morgan fingerprint density at radius 3 is 2.71 bits per heavy atom. The molecule has 2 heterocycles. The molecule has 31 heavy (non-hydrogen) atoms. The Kier molecular flexibility index (Phi) is 6.57. The number of carbonyl (C=O) groups is 1. The summed E-state index contributed by atoms with van der Waals surface area (Å²) < 4.78 is 17.8. The van der Waals surface area contributed by atoms with Gasteiger partial charge in [0.05, 0.1) is 19.9 Å². The Morgan fingerprint density at radius 2 is 2.00 bits per heavy atom. The molecule has 0 saturated carbocycles. The van der Waals surface area contributed by atoms with Gasteiger partial charge in [-0.05, 0) is 95.0 Å². The second-order valence-electron chi connectivity index (χ2n) is 6.77. The topological polar surface area (TPSA) is 63.9 Å². The molecule has 2 aromatic carbocycles. The van der Waals surface area contributed by atoms with Gasteiger partial charge in [-0.2, -0.15) is 0 Å². The van der Waals surface area contributed by atoms with E-state index in [2.05, 4.69) is 27.9 Å². The van der Waals surface area contributed by atoms with E-state index in [0.29, 0.717) is 28.9 Å². The van der Waals surface area contributed by atoms with Crippen molar-refractivity contribution in [2.45, 2.75) is 13.2 Å². The maximum Gasteiger partial charge on any atom is 0.276 e. The molecule has 0 radical (unpaired) electrons. The molecular weight excluding hydrogens is 527 g/mol. The van der Waals surface area contributed by atoms with Crippen molar-refractivity contribution in [3.63, 3.8) is 0 Å². The summed E-state index contributed by atoms with van der Waals surface area (Å²) in [6.45, 7) is 0.623. The van der Waals surface area contributed by atoms with Gasteiger partial charge < -0.3 is 19.2 Å². The van der Waals surface area contributed by atoms with Gasteiger partial charge in [0, 0.05) is 9.13 Å². The summed E-state index contributed by atoms with van der Waals surface area (Å²) in [5, 5.41) is 3.34. The van der Waals surface area contributed by atoms with Crippen LogP contribution >= 0.6 is 34.8 Å². The number of nitrogens with zero attached hydrogens (tertiary/aromatic N) is 1. The standard InChI is InChI=1S/C23H19IN2O4S/c1-28-21-9-4-15(11-16(21)14-30-18-7-5-17(24)6-8-18)12-20-22(27)26(23(31)25-20)13-19-3-2-10-29-19/h2-12H,13-14H2,1H3,(H,25,31)/b20-12+. The number of benzene rings is 2. The average Bonchev–Trinajstić information content (AvgIpc) is 3.38. The lowest BCUT2D eigenvalue weighted by Crippen LogP contribution is -2.29. The highest BCUT2D eigenvalue weighted by Crippen LogP contribution is 2.25. The smallest absolute Gasteiger partial charge is 0.276 e. The number of rotatable bonds is 7. The third-order valence-electron chi connectivity index (χ3n) is 4.68. The quantitative estimate of drug-likeness (QED) is 0.263. The largest absolute Gasteiger partial charge is 0.496 e. The number of halogens is 1. The zero-order valence-electron chi connectivity index (χ0n) is 16.6. The molecule has 4 rings (SSSR count). The molecule has 1 saturated heterocycles. The van der Waals surface area contributed by atoms with Gasteiger partial charge in [-0.1, -0.05) is 6.07 Å². The first-order chi connectivity index (χ1) is 15.0. The van der Waals surface area contributed by atoms with E-state index in [-0.39, 0.29) is 12.5 Å². The zero-order valence-corrected chi connectivity index (χ0v) is 19.6. The van der Waals surface area contributed by atoms with Gasteiger partial charge in [-0.25, -0.2) is 0 Å².